The average Bonchev–Trinajstić information content (AvgIpc) is 3.54. The van der Waals surface area contributed by atoms with Gasteiger partial charge in [-0.25, -0.2) is 14.0 Å². The Hall–Kier alpha value is -3.95. The molecule has 0 radical (unpaired) electrons. The normalized spacial score (nSPS) is 11.6. The highest BCUT2D eigenvalue weighted by Gasteiger charge is 2.19. The number of nitrogens with two attached hydrogens (primary N) is 2. The van der Waals surface area contributed by atoms with Crippen molar-refractivity contribution in [2.24, 2.45) is 11.5 Å². The second kappa shape index (κ2) is 14.3. The quantitative estimate of drug-likeness (QED) is 0.126. The minimum Gasteiger partial charge on any atom is -0.350 e. The molecule has 4 rings (SSSR count). The van der Waals surface area contributed by atoms with Gasteiger partial charge in [-0.3, -0.25) is 10.4 Å². The van der Waals surface area contributed by atoms with E-state index in [0.29, 0.717) is 16.5 Å². The van der Waals surface area contributed by atoms with Crippen LogP contribution in [0.5, 0.6) is 0 Å². The second-order valence-electron chi connectivity index (χ2n) is 8.24. The molecule has 1 unspecified atom stereocenters. The van der Waals surface area contributed by atoms with E-state index in [4.69, 9.17) is 11.5 Å². The molecule has 0 aliphatic carbocycles. The molecule has 0 saturated heterocycles. The number of hydroxylamine groups is 4. The molecule has 0 aliphatic heterocycles. The highest BCUT2D eigenvalue weighted by atomic mass is 32.1. The van der Waals surface area contributed by atoms with E-state index < -0.39 is 24.1 Å². The minimum absolute atomic E-state index is 0. The van der Waals surface area contributed by atoms with E-state index in [1.54, 1.807) is 37.3 Å². The summed E-state index contributed by atoms with van der Waals surface area (Å²) in [5, 5.41) is 20.8. The Morgan fingerprint density at radius 3 is 2.21 bits per heavy atom. The number of hydrogen-bond acceptors (Lipinski definition) is 6. The summed E-state index contributed by atoms with van der Waals surface area (Å²) >= 11 is 3.05. The predicted octanol–water partition coefficient (Wildman–Crippen LogP) is 6.36. The predicted molar refractivity (Wildman–Crippen MR) is 153 cm³/mol. The van der Waals surface area contributed by atoms with Gasteiger partial charge in [0.05, 0.1) is 10.9 Å². The Morgan fingerprint density at radius 2 is 1.59 bits per heavy atom. The maximum atomic E-state index is 12.9. The fourth-order valence-corrected chi connectivity index (χ4v) is 5.30. The van der Waals surface area contributed by atoms with E-state index in [-0.39, 0.29) is 13.2 Å². The molecule has 4 aromatic rings. The molecule has 2 aromatic carbocycles. The first-order valence-corrected chi connectivity index (χ1v) is 13.1. The lowest BCUT2D eigenvalue weighted by atomic mass is 10.1. The topological polar surface area (TPSA) is 133 Å². The largest absolute Gasteiger partial charge is 0.350 e. The summed E-state index contributed by atoms with van der Waals surface area (Å²) in [6, 6.07) is 17.2. The molecular weight excluding hydrogens is 539 g/mol. The molecule has 0 saturated carbocycles. The van der Waals surface area contributed by atoms with Crippen molar-refractivity contribution >= 4 is 44.8 Å². The van der Waals surface area contributed by atoms with Crippen LogP contribution in [0.4, 0.5) is 14.0 Å². The maximum absolute atomic E-state index is 12.9. The number of rotatable bonds is 5. The number of halogens is 1. The lowest BCUT2D eigenvalue weighted by Crippen LogP contribution is -2.38. The molecule has 2 heterocycles. The third-order valence-electron chi connectivity index (χ3n) is 5.40. The molecule has 0 spiro atoms. The Morgan fingerprint density at radius 1 is 0.949 bits per heavy atom. The molecule has 8 nitrogen and oxygen atoms in total. The molecule has 0 bridgehead atoms. The minimum atomic E-state index is -0.940. The van der Waals surface area contributed by atoms with Crippen LogP contribution in [0.1, 0.15) is 47.5 Å². The van der Waals surface area contributed by atoms with Gasteiger partial charge in [-0.05, 0) is 61.2 Å². The fourth-order valence-electron chi connectivity index (χ4n) is 3.29. The Balaban J connectivity index is 0.000000279. The first kappa shape index (κ1) is 31.3. The van der Waals surface area contributed by atoms with E-state index in [1.165, 1.54) is 23.5 Å². The first-order valence-electron chi connectivity index (χ1n) is 11.4. The first-order chi connectivity index (χ1) is 18.0. The van der Waals surface area contributed by atoms with Crippen molar-refractivity contribution in [1.82, 2.24) is 10.1 Å². The molecule has 2 aromatic heterocycles. The third kappa shape index (κ3) is 8.80. The van der Waals surface area contributed by atoms with E-state index >= 15 is 0 Å². The van der Waals surface area contributed by atoms with Gasteiger partial charge < -0.3 is 11.5 Å². The van der Waals surface area contributed by atoms with Crippen molar-refractivity contribution in [3.8, 4) is 11.8 Å². The van der Waals surface area contributed by atoms with Crippen molar-refractivity contribution < 1.29 is 24.4 Å². The summed E-state index contributed by atoms with van der Waals surface area (Å²) in [7, 11) is 0. The number of nitrogens with zero attached hydrogens (tertiary/aromatic N) is 2. The SMILES string of the molecule is C.CC(c1cc2ccccc2s1)N(O)C(N)=O.C[C@H](C#Cc1ccc(Cc2ccc(F)cc2)s1)N(O)C(N)=O. The molecule has 4 amide bonds. The Kier molecular flexibility index (Phi) is 11.4. The lowest BCUT2D eigenvalue weighted by molar-refractivity contribution is -0.0700. The third-order valence-corrected chi connectivity index (χ3v) is 7.69. The number of thiophene rings is 2. The van der Waals surface area contributed by atoms with Crippen LogP contribution in [0.3, 0.4) is 0 Å². The summed E-state index contributed by atoms with van der Waals surface area (Å²) < 4.78 is 14.0. The van der Waals surface area contributed by atoms with Gasteiger partial charge in [-0.1, -0.05) is 49.6 Å². The van der Waals surface area contributed by atoms with E-state index in [9.17, 15) is 24.4 Å². The number of carbonyl (C=O) groups is 2. The summed E-state index contributed by atoms with van der Waals surface area (Å²) in [5.41, 5.74) is 11.0. The zero-order valence-corrected chi connectivity index (χ0v) is 22.3. The number of fused-ring (bicyclic) bond motifs is 1. The van der Waals surface area contributed by atoms with Crippen LogP contribution in [0.15, 0.2) is 66.7 Å². The maximum Gasteiger partial charge on any atom is 0.339 e. The zero-order chi connectivity index (χ0) is 27.8. The van der Waals surface area contributed by atoms with Crippen LogP contribution in [-0.4, -0.2) is 38.6 Å². The molecule has 6 N–H and O–H groups in total. The number of hydrogen-bond donors (Lipinski definition) is 4. The standard InChI is InChI=1S/C16H15FN2O2S.C11H12N2O2S.CH4/c1-11(19(21)16(18)20)2-7-14-8-9-15(22-14)10-12-3-5-13(17)6-4-12;1-7(13(15)11(12)14)10-6-8-4-2-3-5-9(8)16-10;/h3-6,8-9,11,21H,10H2,1H3,(H2,18,20);2-7,15H,1H3,(H2,12,14);1H4/t11-;;/m1../s1. The van der Waals surface area contributed by atoms with Gasteiger partial charge in [-0.15, -0.1) is 22.7 Å². The fraction of sp³-hybridized carbons (Fsp3) is 0.214. The van der Waals surface area contributed by atoms with Crippen LogP contribution in [0.2, 0.25) is 0 Å². The van der Waals surface area contributed by atoms with Crippen molar-refractivity contribution in [2.45, 2.75) is 39.8 Å². The van der Waals surface area contributed by atoms with Crippen LogP contribution in [0.25, 0.3) is 10.1 Å². The van der Waals surface area contributed by atoms with Crippen LogP contribution >= 0.6 is 22.7 Å². The van der Waals surface area contributed by atoms with Crippen molar-refractivity contribution in [3.63, 3.8) is 0 Å². The summed E-state index contributed by atoms with van der Waals surface area (Å²) in [6.07, 6.45) is 0.704. The molecule has 0 aliphatic rings. The number of primary amides is 2. The monoisotopic (exact) mass is 570 g/mol. The smallest absolute Gasteiger partial charge is 0.339 e. The molecule has 11 heteroatoms. The van der Waals surface area contributed by atoms with Gasteiger partial charge in [0.1, 0.15) is 11.9 Å². The highest BCUT2D eigenvalue weighted by Crippen LogP contribution is 2.31. The molecule has 0 fully saturated rings. The summed E-state index contributed by atoms with van der Waals surface area (Å²) in [5.74, 6) is 5.39. The van der Waals surface area contributed by atoms with Gasteiger partial charge in [-0.2, -0.15) is 10.1 Å². The van der Waals surface area contributed by atoms with Gasteiger partial charge >= 0.3 is 12.1 Å². The average molecular weight is 571 g/mol. The second-order valence-corrected chi connectivity index (χ2v) is 10.5. The number of amides is 4. The number of urea groups is 2. The van der Waals surface area contributed by atoms with Crippen LogP contribution < -0.4 is 11.5 Å². The lowest BCUT2D eigenvalue weighted by Gasteiger charge is -2.18. The van der Waals surface area contributed by atoms with Gasteiger partial charge in [0.15, 0.2) is 0 Å². The molecule has 206 valence electrons. The van der Waals surface area contributed by atoms with E-state index in [2.05, 4.69) is 11.8 Å². The molecule has 39 heavy (non-hydrogen) atoms. The summed E-state index contributed by atoms with van der Waals surface area (Å²) in [4.78, 5) is 24.4. The Labute approximate surface area is 234 Å². The van der Waals surface area contributed by atoms with Crippen molar-refractivity contribution in [3.05, 3.63) is 92.7 Å². The van der Waals surface area contributed by atoms with Gasteiger partial charge in [0.25, 0.3) is 0 Å². The molecular formula is C28H31FN4O4S2. The summed E-state index contributed by atoms with van der Waals surface area (Å²) in [6.45, 7) is 3.31. The number of benzene rings is 2. The molecule has 2 atom stereocenters. The van der Waals surface area contributed by atoms with Crippen molar-refractivity contribution in [1.29, 1.82) is 0 Å². The highest BCUT2D eigenvalue weighted by molar-refractivity contribution is 7.19. The van der Waals surface area contributed by atoms with Crippen LogP contribution in [-0.2, 0) is 6.42 Å². The van der Waals surface area contributed by atoms with E-state index in [0.717, 1.165) is 30.3 Å². The van der Waals surface area contributed by atoms with Crippen LogP contribution in [0, 0.1) is 17.7 Å². The number of carbonyl (C=O) groups excluding carboxylic acids is 2. The zero-order valence-electron chi connectivity index (χ0n) is 20.7. The van der Waals surface area contributed by atoms with Gasteiger partial charge in [0.2, 0.25) is 0 Å². The van der Waals surface area contributed by atoms with Crippen molar-refractivity contribution in [2.75, 3.05) is 0 Å². The Bertz CT molecular complexity index is 1430. The van der Waals surface area contributed by atoms with Gasteiger partial charge in [0, 0.05) is 20.9 Å². The van der Waals surface area contributed by atoms with E-state index in [1.807, 2.05) is 42.5 Å².